The number of rotatable bonds is 5. The van der Waals surface area contributed by atoms with E-state index >= 15 is 0 Å². The lowest BCUT2D eigenvalue weighted by Gasteiger charge is -2.27. The van der Waals surface area contributed by atoms with E-state index in [1.165, 1.54) is 0 Å². The number of nitriles is 1. The van der Waals surface area contributed by atoms with Gasteiger partial charge in [-0.1, -0.05) is 20.8 Å². The van der Waals surface area contributed by atoms with Gasteiger partial charge < -0.3 is 10.2 Å². The molecule has 0 fully saturated rings. The molecule has 1 heterocycles. The molecule has 1 aromatic heterocycles. The normalized spacial score (nSPS) is 10.9. The Balaban J connectivity index is 2.81. The van der Waals surface area contributed by atoms with Gasteiger partial charge in [0.25, 0.3) is 0 Å². The Bertz CT molecular complexity index is 456. The van der Waals surface area contributed by atoms with Crippen molar-refractivity contribution in [2.75, 3.05) is 30.4 Å². The molecule has 0 unspecified atom stereocenters. The summed E-state index contributed by atoms with van der Waals surface area (Å²) in [6, 6.07) is 4.03. The Hall–Kier alpha value is -1.83. The van der Waals surface area contributed by atoms with Crippen LogP contribution in [-0.4, -0.2) is 30.1 Å². The van der Waals surface area contributed by atoms with E-state index in [1.807, 2.05) is 20.0 Å². The van der Waals surface area contributed by atoms with Crippen LogP contribution < -0.4 is 10.2 Å². The maximum atomic E-state index is 8.54. The van der Waals surface area contributed by atoms with Gasteiger partial charge in [-0.2, -0.15) is 5.26 Å². The van der Waals surface area contributed by atoms with E-state index in [0.29, 0.717) is 13.0 Å². The molecule has 0 aliphatic carbocycles. The summed E-state index contributed by atoms with van der Waals surface area (Å²) in [5, 5.41) is 11.7. The van der Waals surface area contributed by atoms with Crippen molar-refractivity contribution < 1.29 is 0 Å². The summed E-state index contributed by atoms with van der Waals surface area (Å²) in [4.78, 5) is 10.9. The quantitative estimate of drug-likeness (QED) is 0.825. The van der Waals surface area contributed by atoms with Crippen LogP contribution in [0, 0.1) is 23.7 Å². The number of hydrogen-bond acceptors (Lipinski definition) is 5. The first-order valence-corrected chi connectivity index (χ1v) is 6.49. The van der Waals surface area contributed by atoms with E-state index < -0.39 is 0 Å². The maximum absolute atomic E-state index is 8.54. The van der Waals surface area contributed by atoms with Gasteiger partial charge in [0.2, 0.25) is 0 Å². The molecule has 1 N–H and O–H groups in total. The predicted octanol–water partition coefficient (Wildman–Crippen LogP) is 2.59. The molecule has 1 aromatic rings. The van der Waals surface area contributed by atoms with Crippen LogP contribution in [0.5, 0.6) is 0 Å². The Morgan fingerprint density at radius 3 is 2.63 bits per heavy atom. The topological polar surface area (TPSA) is 64.8 Å². The van der Waals surface area contributed by atoms with Crippen molar-refractivity contribution in [3.05, 3.63) is 11.9 Å². The van der Waals surface area contributed by atoms with Gasteiger partial charge >= 0.3 is 0 Å². The third kappa shape index (κ3) is 5.56. The summed E-state index contributed by atoms with van der Waals surface area (Å²) in [5.41, 5.74) is 0.210. The molecule has 5 heteroatoms. The SMILES string of the molecule is Cc1nc(NCCC#N)cc(N(C)CC(C)(C)C)n1. The van der Waals surface area contributed by atoms with Gasteiger partial charge in [0.15, 0.2) is 0 Å². The van der Waals surface area contributed by atoms with Crippen molar-refractivity contribution >= 4 is 11.6 Å². The molecular formula is C14H23N5. The highest BCUT2D eigenvalue weighted by molar-refractivity contribution is 5.49. The predicted molar refractivity (Wildman–Crippen MR) is 78.2 cm³/mol. The summed E-state index contributed by atoms with van der Waals surface area (Å²) in [6.45, 7) is 10.00. The summed E-state index contributed by atoms with van der Waals surface area (Å²) < 4.78 is 0. The monoisotopic (exact) mass is 261 g/mol. The number of aryl methyl sites for hydroxylation is 1. The van der Waals surface area contributed by atoms with E-state index in [0.717, 1.165) is 24.0 Å². The van der Waals surface area contributed by atoms with Crippen molar-refractivity contribution in [1.29, 1.82) is 5.26 Å². The molecular weight excluding hydrogens is 238 g/mol. The zero-order valence-corrected chi connectivity index (χ0v) is 12.5. The molecule has 0 saturated heterocycles. The van der Waals surface area contributed by atoms with Crippen LogP contribution in [0.25, 0.3) is 0 Å². The minimum Gasteiger partial charge on any atom is -0.369 e. The molecule has 0 radical (unpaired) electrons. The first-order chi connectivity index (χ1) is 8.81. The van der Waals surface area contributed by atoms with Crippen molar-refractivity contribution in [3.63, 3.8) is 0 Å². The molecule has 0 spiro atoms. The second kappa shape index (κ2) is 6.37. The Morgan fingerprint density at radius 2 is 2.05 bits per heavy atom. The fourth-order valence-corrected chi connectivity index (χ4v) is 1.88. The Morgan fingerprint density at radius 1 is 1.37 bits per heavy atom. The van der Waals surface area contributed by atoms with Crippen LogP contribution >= 0.6 is 0 Å². The molecule has 0 aromatic carbocycles. The number of aromatic nitrogens is 2. The summed E-state index contributed by atoms with van der Waals surface area (Å²) in [6.07, 6.45) is 0.468. The Labute approximate surface area is 115 Å². The minimum atomic E-state index is 0.210. The van der Waals surface area contributed by atoms with Gasteiger partial charge in [0.05, 0.1) is 12.5 Å². The number of anilines is 2. The van der Waals surface area contributed by atoms with Gasteiger partial charge in [-0.15, -0.1) is 0 Å². The van der Waals surface area contributed by atoms with E-state index in [-0.39, 0.29) is 5.41 Å². The van der Waals surface area contributed by atoms with E-state index in [9.17, 15) is 0 Å². The molecule has 5 nitrogen and oxygen atoms in total. The van der Waals surface area contributed by atoms with E-state index in [2.05, 4.69) is 47.0 Å². The van der Waals surface area contributed by atoms with Gasteiger partial charge in [0, 0.05) is 26.2 Å². The smallest absolute Gasteiger partial charge is 0.134 e. The molecule has 0 bridgehead atoms. The van der Waals surface area contributed by atoms with Gasteiger partial charge in [-0.3, -0.25) is 0 Å². The highest BCUT2D eigenvalue weighted by Crippen LogP contribution is 2.20. The lowest BCUT2D eigenvalue weighted by atomic mass is 9.96. The Kier molecular flexibility index (Phi) is 5.11. The first-order valence-electron chi connectivity index (χ1n) is 6.49. The number of nitrogens with zero attached hydrogens (tertiary/aromatic N) is 4. The van der Waals surface area contributed by atoms with Gasteiger partial charge in [0.1, 0.15) is 17.5 Å². The molecule has 0 atom stereocenters. The highest BCUT2D eigenvalue weighted by atomic mass is 15.2. The summed E-state index contributed by atoms with van der Waals surface area (Å²) >= 11 is 0. The molecule has 19 heavy (non-hydrogen) atoms. The van der Waals surface area contributed by atoms with Crippen molar-refractivity contribution in [1.82, 2.24) is 9.97 Å². The zero-order chi connectivity index (χ0) is 14.5. The van der Waals surface area contributed by atoms with Crippen molar-refractivity contribution in [3.8, 4) is 6.07 Å². The fraction of sp³-hybridized carbons (Fsp3) is 0.643. The lowest BCUT2D eigenvalue weighted by Crippen LogP contribution is -2.30. The molecule has 0 aliphatic rings. The standard InChI is InChI=1S/C14H23N5/c1-11-17-12(16-8-6-7-15)9-13(18-11)19(5)10-14(2,3)4/h9H,6,8,10H2,1-5H3,(H,16,17,18). The third-order valence-corrected chi connectivity index (χ3v) is 2.47. The number of nitrogens with one attached hydrogen (secondary N) is 1. The fourth-order valence-electron chi connectivity index (χ4n) is 1.88. The zero-order valence-electron chi connectivity index (χ0n) is 12.5. The van der Waals surface area contributed by atoms with Crippen molar-refractivity contribution in [2.45, 2.75) is 34.1 Å². The summed E-state index contributed by atoms with van der Waals surface area (Å²) in [5.74, 6) is 2.41. The molecule has 0 amide bonds. The van der Waals surface area contributed by atoms with Crippen LogP contribution in [0.1, 0.15) is 33.0 Å². The first kappa shape index (κ1) is 15.2. The van der Waals surface area contributed by atoms with Gasteiger partial charge in [-0.25, -0.2) is 9.97 Å². The molecule has 104 valence electrons. The van der Waals surface area contributed by atoms with Crippen LogP contribution in [0.15, 0.2) is 6.07 Å². The van der Waals surface area contributed by atoms with Crippen LogP contribution in [-0.2, 0) is 0 Å². The second-order valence-electron chi connectivity index (χ2n) is 5.91. The molecule has 0 aliphatic heterocycles. The van der Waals surface area contributed by atoms with Gasteiger partial charge in [-0.05, 0) is 12.3 Å². The van der Waals surface area contributed by atoms with Crippen LogP contribution in [0.3, 0.4) is 0 Å². The van der Waals surface area contributed by atoms with E-state index in [4.69, 9.17) is 5.26 Å². The average Bonchev–Trinajstić information content (AvgIpc) is 2.26. The van der Waals surface area contributed by atoms with E-state index in [1.54, 1.807) is 0 Å². The van der Waals surface area contributed by atoms with Crippen molar-refractivity contribution in [2.24, 2.45) is 5.41 Å². The molecule has 0 saturated carbocycles. The number of hydrogen-bond donors (Lipinski definition) is 1. The highest BCUT2D eigenvalue weighted by Gasteiger charge is 2.15. The summed E-state index contributed by atoms with van der Waals surface area (Å²) in [7, 11) is 2.03. The second-order valence-corrected chi connectivity index (χ2v) is 5.91. The largest absolute Gasteiger partial charge is 0.369 e. The average molecular weight is 261 g/mol. The van der Waals surface area contributed by atoms with Crippen LogP contribution in [0.4, 0.5) is 11.6 Å². The minimum absolute atomic E-state index is 0.210. The van der Waals surface area contributed by atoms with Crippen LogP contribution in [0.2, 0.25) is 0 Å². The lowest BCUT2D eigenvalue weighted by molar-refractivity contribution is 0.417. The third-order valence-electron chi connectivity index (χ3n) is 2.47. The maximum Gasteiger partial charge on any atom is 0.134 e. The molecule has 1 rings (SSSR count).